The number of hydrogen-bond donors (Lipinski definition) is 1. The fraction of sp³-hybridized carbons (Fsp3) is 0.562. The Kier molecular flexibility index (Phi) is 4.29. The van der Waals surface area contributed by atoms with Gasteiger partial charge in [-0.2, -0.15) is 5.10 Å². The predicted molar refractivity (Wildman–Crippen MR) is 82.9 cm³/mol. The van der Waals surface area contributed by atoms with Crippen molar-refractivity contribution in [1.29, 1.82) is 0 Å². The van der Waals surface area contributed by atoms with Crippen molar-refractivity contribution < 1.29 is 0 Å². The second-order valence-corrected chi connectivity index (χ2v) is 5.58. The summed E-state index contributed by atoms with van der Waals surface area (Å²) in [7, 11) is 0. The summed E-state index contributed by atoms with van der Waals surface area (Å²) in [6.45, 7) is 6.19. The van der Waals surface area contributed by atoms with E-state index < -0.39 is 0 Å². The Hall–Kier alpha value is -1.75. The van der Waals surface area contributed by atoms with E-state index in [9.17, 15) is 0 Å². The fourth-order valence-electron chi connectivity index (χ4n) is 2.87. The molecule has 1 unspecified atom stereocenters. The molecule has 1 atom stereocenters. The minimum absolute atomic E-state index is 0.418. The minimum Gasteiger partial charge on any atom is -0.310 e. The molecule has 0 aliphatic heterocycles. The standard InChI is InChI=1S/C16H23N5/c1-3-8-17-14-6-5-7-15-13(14)10-18-16(20-15)12-9-19-21(4-2)11-12/h9-11,14,17H,3-8H2,1-2H3. The van der Waals surface area contributed by atoms with E-state index in [4.69, 9.17) is 4.98 Å². The van der Waals surface area contributed by atoms with E-state index in [2.05, 4.69) is 29.2 Å². The van der Waals surface area contributed by atoms with Crippen molar-refractivity contribution in [3.05, 3.63) is 29.8 Å². The molecular weight excluding hydrogens is 262 g/mol. The second kappa shape index (κ2) is 6.35. The van der Waals surface area contributed by atoms with E-state index in [1.54, 1.807) is 0 Å². The van der Waals surface area contributed by atoms with E-state index in [-0.39, 0.29) is 0 Å². The molecule has 2 aromatic heterocycles. The lowest BCUT2D eigenvalue weighted by Crippen LogP contribution is -2.26. The lowest BCUT2D eigenvalue weighted by Gasteiger charge is -2.25. The largest absolute Gasteiger partial charge is 0.310 e. The summed E-state index contributed by atoms with van der Waals surface area (Å²) in [5, 5.41) is 7.91. The lowest BCUT2D eigenvalue weighted by atomic mass is 9.92. The van der Waals surface area contributed by atoms with Crippen LogP contribution in [0.1, 0.15) is 50.4 Å². The van der Waals surface area contributed by atoms with Crippen molar-refractivity contribution in [3.8, 4) is 11.4 Å². The maximum absolute atomic E-state index is 4.79. The first kappa shape index (κ1) is 14.2. The molecule has 0 amide bonds. The van der Waals surface area contributed by atoms with E-state index >= 15 is 0 Å². The first-order valence-corrected chi connectivity index (χ1v) is 7.93. The van der Waals surface area contributed by atoms with Gasteiger partial charge in [0.25, 0.3) is 0 Å². The highest BCUT2D eigenvalue weighted by molar-refractivity contribution is 5.52. The van der Waals surface area contributed by atoms with Gasteiger partial charge in [0, 0.05) is 36.2 Å². The summed E-state index contributed by atoms with van der Waals surface area (Å²) in [4.78, 5) is 9.35. The van der Waals surface area contributed by atoms with Gasteiger partial charge in [-0.15, -0.1) is 0 Å². The third-order valence-electron chi connectivity index (χ3n) is 4.04. The Morgan fingerprint density at radius 2 is 2.24 bits per heavy atom. The van der Waals surface area contributed by atoms with E-state index in [0.717, 1.165) is 37.3 Å². The molecule has 0 spiro atoms. The Morgan fingerprint density at radius 3 is 3.00 bits per heavy atom. The van der Waals surface area contributed by atoms with E-state index in [1.807, 2.05) is 23.3 Å². The van der Waals surface area contributed by atoms with Gasteiger partial charge in [0.1, 0.15) is 0 Å². The molecule has 5 nitrogen and oxygen atoms in total. The summed E-state index contributed by atoms with van der Waals surface area (Å²) in [6.07, 6.45) is 10.5. The monoisotopic (exact) mass is 285 g/mol. The molecule has 112 valence electrons. The second-order valence-electron chi connectivity index (χ2n) is 5.58. The predicted octanol–water partition coefficient (Wildman–Crippen LogP) is 2.74. The zero-order chi connectivity index (χ0) is 14.7. The van der Waals surface area contributed by atoms with Crippen LogP contribution in [0.15, 0.2) is 18.6 Å². The molecule has 0 saturated carbocycles. The first-order chi connectivity index (χ1) is 10.3. The molecule has 0 aromatic carbocycles. The van der Waals surface area contributed by atoms with E-state index in [0.29, 0.717) is 6.04 Å². The summed E-state index contributed by atoms with van der Waals surface area (Å²) < 4.78 is 1.91. The highest BCUT2D eigenvalue weighted by Crippen LogP contribution is 2.29. The Balaban J connectivity index is 1.86. The molecule has 0 fully saturated rings. The van der Waals surface area contributed by atoms with Crippen LogP contribution in [0.2, 0.25) is 0 Å². The number of fused-ring (bicyclic) bond motifs is 1. The molecule has 2 heterocycles. The van der Waals surface area contributed by atoms with Crippen molar-refractivity contribution in [2.45, 2.75) is 52.1 Å². The molecule has 1 aliphatic rings. The quantitative estimate of drug-likeness (QED) is 0.917. The van der Waals surface area contributed by atoms with Crippen LogP contribution < -0.4 is 5.32 Å². The van der Waals surface area contributed by atoms with Crippen LogP contribution in [0.4, 0.5) is 0 Å². The third kappa shape index (κ3) is 2.97. The van der Waals surface area contributed by atoms with Gasteiger partial charge in [0.15, 0.2) is 5.82 Å². The van der Waals surface area contributed by atoms with E-state index in [1.165, 1.54) is 24.1 Å². The molecule has 3 rings (SSSR count). The van der Waals surface area contributed by atoms with Crippen molar-refractivity contribution in [1.82, 2.24) is 25.1 Å². The smallest absolute Gasteiger partial charge is 0.162 e. The maximum atomic E-state index is 4.79. The van der Waals surface area contributed by atoms with Crippen LogP contribution in [-0.2, 0) is 13.0 Å². The molecule has 1 aliphatic carbocycles. The van der Waals surface area contributed by atoms with Crippen LogP contribution in [0.25, 0.3) is 11.4 Å². The first-order valence-electron chi connectivity index (χ1n) is 7.93. The number of nitrogens with zero attached hydrogens (tertiary/aromatic N) is 4. The molecule has 5 heteroatoms. The maximum Gasteiger partial charge on any atom is 0.162 e. The van der Waals surface area contributed by atoms with Gasteiger partial charge in [-0.1, -0.05) is 6.92 Å². The zero-order valence-electron chi connectivity index (χ0n) is 12.8. The van der Waals surface area contributed by atoms with Crippen molar-refractivity contribution in [2.75, 3.05) is 6.54 Å². The number of aromatic nitrogens is 4. The molecule has 21 heavy (non-hydrogen) atoms. The van der Waals surface area contributed by atoms with Gasteiger partial charge in [0.05, 0.1) is 11.8 Å². The SMILES string of the molecule is CCCNC1CCCc2nc(-c3cnn(CC)c3)ncc21. The third-order valence-corrected chi connectivity index (χ3v) is 4.04. The van der Waals surface area contributed by atoms with Crippen LogP contribution >= 0.6 is 0 Å². The number of rotatable bonds is 5. The molecule has 0 radical (unpaired) electrons. The highest BCUT2D eigenvalue weighted by Gasteiger charge is 2.22. The summed E-state index contributed by atoms with van der Waals surface area (Å²) >= 11 is 0. The average Bonchev–Trinajstić information content (AvgIpc) is 3.01. The van der Waals surface area contributed by atoms with Gasteiger partial charge in [-0.05, 0) is 39.2 Å². The average molecular weight is 285 g/mol. The Bertz CT molecular complexity index is 604. The van der Waals surface area contributed by atoms with Crippen molar-refractivity contribution >= 4 is 0 Å². The van der Waals surface area contributed by atoms with Gasteiger partial charge >= 0.3 is 0 Å². The van der Waals surface area contributed by atoms with Gasteiger partial charge < -0.3 is 5.32 Å². The molecule has 0 bridgehead atoms. The van der Waals surface area contributed by atoms with Crippen LogP contribution in [0.3, 0.4) is 0 Å². The normalized spacial score (nSPS) is 17.7. The zero-order valence-corrected chi connectivity index (χ0v) is 12.8. The number of nitrogens with one attached hydrogen (secondary N) is 1. The topological polar surface area (TPSA) is 55.6 Å². The van der Waals surface area contributed by atoms with Gasteiger partial charge in [-0.25, -0.2) is 9.97 Å². The summed E-state index contributed by atoms with van der Waals surface area (Å²) in [6, 6.07) is 0.418. The van der Waals surface area contributed by atoms with Crippen molar-refractivity contribution in [2.24, 2.45) is 0 Å². The summed E-state index contributed by atoms with van der Waals surface area (Å²) in [5.41, 5.74) is 3.48. The number of aryl methyl sites for hydroxylation is 2. The number of hydrogen-bond acceptors (Lipinski definition) is 4. The van der Waals surface area contributed by atoms with Crippen LogP contribution in [0.5, 0.6) is 0 Å². The Morgan fingerprint density at radius 1 is 1.33 bits per heavy atom. The lowest BCUT2D eigenvalue weighted by molar-refractivity contribution is 0.454. The van der Waals surface area contributed by atoms with Crippen molar-refractivity contribution in [3.63, 3.8) is 0 Å². The fourth-order valence-corrected chi connectivity index (χ4v) is 2.87. The van der Waals surface area contributed by atoms with Gasteiger partial charge in [-0.3, -0.25) is 4.68 Å². The summed E-state index contributed by atoms with van der Waals surface area (Å²) in [5.74, 6) is 0.796. The molecule has 1 N–H and O–H groups in total. The molecule has 0 saturated heterocycles. The van der Waals surface area contributed by atoms with Gasteiger partial charge in [0.2, 0.25) is 0 Å². The van der Waals surface area contributed by atoms with Crippen LogP contribution in [0, 0.1) is 0 Å². The minimum atomic E-state index is 0.418. The Labute approximate surface area is 125 Å². The van der Waals surface area contributed by atoms with Crippen LogP contribution in [-0.4, -0.2) is 26.3 Å². The molecule has 2 aromatic rings. The highest BCUT2D eigenvalue weighted by atomic mass is 15.3. The molecular formula is C16H23N5.